The lowest BCUT2D eigenvalue weighted by atomic mass is 10.2. The van der Waals surface area contributed by atoms with Gasteiger partial charge in [-0.25, -0.2) is 4.79 Å². The zero-order valence-corrected chi connectivity index (χ0v) is 10.7. The lowest BCUT2D eigenvalue weighted by Gasteiger charge is -2.02. The van der Waals surface area contributed by atoms with Crippen molar-refractivity contribution in [1.29, 1.82) is 5.41 Å². The summed E-state index contributed by atoms with van der Waals surface area (Å²) < 4.78 is 5.13. The Hall–Kier alpha value is -2.88. The fourth-order valence-corrected chi connectivity index (χ4v) is 1.58. The molecule has 4 nitrogen and oxygen atoms in total. The van der Waals surface area contributed by atoms with Crippen LogP contribution in [-0.4, -0.2) is 11.8 Å². The molecule has 0 aliphatic carbocycles. The van der Waals surface area contributed by atoms with Gasteiger partial charge >= 0.3 is 5.97 Å². The zero-order chi connectivity index (χ0) is 14.4. The molecule has 0 aliphatic heterocycles. The van der Waals surface area contributed by atoms with Gasteiger partial charge in [0.1, 0.15) is 11.6 Å². The number of nitrogens with one attached hydrogen (secondary N) is 1. The van der Waals surface area contributed by atoms with Crippen molar-refractivity contribution in [2.75, 3.05) is 0 Å². The van der Waals surface area contributed by atoms with E-state index >= 15 is 0 Å². The molecule has 2 aromatic rings. The molecule has 0 radical (unpaired) electrons. The summed E-state index contributed by atoms with van der Waals surface area (Å²) in [6.07, 6.45) is 3.06. The summed E-state index contributed by atoms with van der Waals surface area (Å²) in [5.74, 6) is -0.0611. The molecule has 0 amide bonds. The average molecular weight is 266 g/mol. The van der Waals surface area contributed by atoms with Crippen LogP contribution in [0.25, 0.3) is 6.08 Å². The highest BCUT2D eigenvalue weighted by Crippen LogP contribution is 2.12. The van der Waals surface area contributed by atoms with E-state index in [2.05, 4.69) is 0 Å². The van der Waals surface area contributed by atoms with Gasteiger partial charge in [-0.05, 0) is 35.9 Å². The predicted molar refractivity (Wildman–Crippen MR) is 78.6 cm³/mol. The van der Waals surface area contributed by atoms with E-state index in [-0.39, 0.29) is 5.84 Å². The molecule has 0 unspecified atom stereocenters. The Morgan fingerprint density at radius 2 is 1.70 bits per heavy atom. The highest BCUT2D eigenvalue weighted by atomic mass is 16.5. The molecule has 20 heavy (non-hydrogen) atoms. The number of nitrogens with two attached hydrogens (primary N) is 1. The first-order chi connectivity index (χ1) is 9.65. The van der Waals surface area contributed by atoms with E-state index in [1.165, 1.54) is 6.08 Å². The lowest BCUT2D eigenvalue weighted by Crippen LogP contribution is -2.11. The van der Waals surface area contributed by atoms with Crippen molar-refractivity contribution in [3.8, 4) is 5.75 Å². The van der Waals surface area contributed by atoms with E-state index in [9.17, 15) is 4.79 Å². The monoisotopic (exact) mass is 266 g/mol. The number of carbonyl (C=O) groups excluding carboxylic acids is 1. The van der Waals surface area contributed by atoms with Crippen molar-refractivity contribution in [3.63, 3.8) is 0 Å². The minimum Gasteiger partial charge on any atom is -0.423 e. The number of ether oxygens (including phenoxy) is 1. The molecule has 0 saturated heterocycles. The summed E-state index contributed by atoms with van der Waals surface area (Å²) in [6.45, 7) is 0. The molecule has 0 saturated carbocycles. The molecule has 0 spiro atoms. The van der Waals surface area contributed by atoms with Gasteiger partial charge in [-0.3, -0.25) is 5.41 Å². The van der Waals surface area contributed by atoms with E-state index in [1.54, 1.807) is 30.3 Å². The van der Waals surface area contributed by atoms with Crippen LogP contribution in [0.3, 0.4) is 0 Å². The Labute approximate surface area is 117 Å². The first-order valence-electron chi connectivity index (χ1n) is 6.04. The largest absolute Gasteiger partial charge is 0.423 e. The second-order valence-electron chi connectivity index (χ2n) is 4.10. The van der Waals surface area contributed by atoms with Gasteiger partial charge in [-0.2, -0.15) is 0 Å². The molecule has 3 N–H and O–H groups in total. The molecule has 0 fully saturated rings. The Balaban J connectivity index is 1.98. The van der Waals surface area contributed by atoms with Gasteiger partial charge < -0.3 is 10.5 Å². The maximum Gasteiger partial charge on any atom is 0.336 e. The third kappa shape index (κ3) is 3.81. The lowest BCUT2D eigenvalue weighted by molar-refractivity contribution is -0.128. The third-order valence-corrected chi connectivity index (χ3v) is 2.60. The number of hydrogen-bond acceptors (Lipinski definition) is 3. The van der Waals surface area contributed by atoms with Crippen molar-refractivity contribution >= 4 is 17.9 Å². The molecule has 0 atom stereocenters. The molecule has 0 aliphatic rings. The number of benzene rings is 2. The van der Waals surface area contributed by atoms with Crippen molar-refractivity contribution in [2.45, 2.75) is 0 Å². The second-order valence-corrected chi connectivity index (χ2v) is 4.10. The van der Waals surface area contributed by atoms with Gasteiger partial charge in [0.05, 0.1) is 0 Å². The number of rotatable bonds is 4. The maximum atomic E-state index is 11.6. The first-order valence-corrected chi connectivity index (χ1v) is 6.04. The van der Waals surface area contributed by atoms with Crippen LogP contribution in [0.5, 0.6) is 5.75 Å². The molecule has 0 heterocycles. The average Bonchev–Trinajstić information content (AvgIpc) is 2.47. The van der Waals surface area contributed by atoms with E-state index in [0.717, 1.165) is 5.56 Å². The normalized spacial score (nSPS) is 10.4. The molecule has 100 valence electrons. The fourth-order valence-electron chi connectivity index (χ4n) is 1.58. The first kappa shape index (κ1) is 13.5. The summed E-state index contributed by atoms with van der Waals surface area (Å²) in [7, 11) is 0. The number of amidine groups is 1. The van der Waals surface area contributed by atoms with Crippen molar-refractivity contribution < 1.29 is 9.53 Å². The Morgan fingerprint density at radius 1 is 1.05 bits per heavy atom. The van der Waals surface area contributed by atoms with Crippen LogP contribution < -0.4 is 10.5 Å². The topological polar surface area (TPSA) is 76.2 Å². The summed E-state index contributed by atoms with van der Waals surface area (Å²) in [4.78, 5) is 11.6. The van der Waals surface area contributed by atoms with Gasteiger partial charge in [0.2, 0.25) is 0 Å². The van der Waals surface area contributed by atoms with E-state index in [4.69, 9.17) is 15.9 Å². The molecule has 2 rings (SSSR count). The van der Waals surface area contributed by atoms with Gasteiger partial charge in [0, 0.05) is 11.6 Å². The van der Waals surface area contributed by atoms with Gasteiger partial charge in [-0.15, -0.1) is 0 Å². The highest BCUT2D eigenvalue weighted by Gasteiger charge is 2.01. The molecule has 2 aromatic carbocycles. The van der Waals surface area contributed by atoms with Crippen LogP contribution in [-0.2, 0) is 4.79 Å². The smallest absolute Gasteiger partial charge is 0.336 e. The van der Waals surface area contributed by atoms with E-state index in [1.807, 2.05) is 30.3 Å². The third-order valence-electron chi connectivity index (χ3n) is 2.60. The highest BCUT2D eigenvalue weighted by molar-refractivity contribution is 5.95. The number of carbonyl (C=O) groups is 1. The summed E-state index contributed by atoms with van der Waals surface area (Å²) in [5, 5.41) is 7.27. The zero-order valence-electron chi connectivity index (χ0n) is 10.7. The van der Waals surface area contributed by atoms with Gasteiger partial charge in [0.15, 0.2) is 0 Å². The van der Waals surface area contributed by atoms with Crippen LogP contribution >= 0.6 is 0 Å². The molecular weight excluding hydrogens is 252 g/mol. The molecule has 0 aromatic heterocycles. The number of nitrogen functional groups attached to an aromatic ring is 1. The minimum atomic E-state index is -0.454. The SMILES string of the molecule is N=C(N)c1ccc(OC(=O)/C=C/c2ccccc2)cc1. The van der Waals surface area contributed by atoms with Gasteiger partial charge in [-0.1, -0.05) is 30.3 Å². The van der Waals surface area contributed by atoms with E-state index < -0.39 is 5.97 Å². The second kappa shape index (κ2) is 6.33. The Bertz CT molecular complexity index is 631. The molecular formula is C16H14N2O2. The summed E-state index contributed by atoms with van der Waals surface area (Å²) in [6, 6.07) is 16.0. The quantitative estimate of drug-likeness (QED) is 0.293. The Kier molecular flexibility index (Phi) is 4.29. The predicted octanol–water partition coefficient (Wildman–Crippen LogP) is 2.59. The van der Waals surface area contributed by atoms with Crippen LogP contribution in [0.4, 0.5) is 0 Å². The molecule has 4 heteroatoms. The van der Waals surface area contributed by atoms with Crippen molar-refractivity contribution in [1.82, 2.24) is 0 Å². The number of esters is 1. The minimum absolute atomic E-state index is 0.0214. The van der Waals surface area contributed by atoms with Crippen molar-refractivity contribution in [3.05, 3.63) is 71.8 Å². The van der Waals surface area contributed by atoms with Crippen molar-refractivity contribution in [2.24, 2.45) is 5.73 Å². The van der Waals surface area contributed by atoms with Gasteiger partial charge in [0.25, 0.3) is 0 Å². The fraction of sp³-hybridized carbons (Fsp3) is 0. The summed E-state index contributed by atoms with van der Waals surface area (Å²) >= 11 is 0. The van der Waals surface area contributed by atoms with Crippen LogP contribution in [0, 0.1) is 5.41 Å². The van der Waals surface area contributed by atoms with Crippen LogP contribution in [0.1, 0.15) is 11.1 Å². The van der Waals surface area contributed by atoms with Crippen LogP contribution in [0.15, 0.2) is 60.7 Å². The van der Waals surface area contributed by atoms with Crippen LogP contribution in [0.2, 0.25) is 0 Å². The molecule has 0 bridgehead atoms. The number of hydrogen-bond donors (Lipinski definition) is 2. The summed E-state index contributed by atoms with van der Waals surface area (Å²) in [5.41, 5.74) is 6.86. The standard InChI is InChI=1S/C16H14N2O2/c17-16(18)13-7-9-14(10-8-13)20-15(19)11-6-12-4-2-1-3-5-12/h1-11H,(H3,17,18)/b11-6+. The Morgan fingerprint density at radius 3 is 2.30 bits per heavy atom. The maximum absolute atomic E-state index is 11.6. The van der Waals surface area contributed by atoms with E-state index in [0.29, 0.717) is 11.3 Å².